The van der Waals surface area contributed by atoms with Crippen LogP contribution in [0.2, 0.25) is 0 Å². The van der Waals surface area contributed by atoms with Gasteiger partial charge in [0.2, 0.25) is 0 Å². The Kier molecular flexibility index (Phi) is 4.67. The van der Waals surface area contributed by atoms with Gasteiger partial charge in [-0.25, -0.2) is 0 Å². The van der Waals surface area contributed by atoms with Gasteiger partial charge in [-0.05, 0) is 25.1 Å². The Labute approximate surface area is 99.9 Å². The van der Waals surface area contributed by atoms with Crippen molar-refractivity contribution in [3.8, 4) is 5.75 Å². The maximum Gasteiger partial charge on any atom is 0.387 e. The van der Waals surface area contributed by atoms with Crippen LogP contribution in [0.25, 0.3) is 0 Å². The minimum absolute atomic E-state index is 0.0801. The summed E-state index contributed by atoms with van der Waals surface area (Å²) in [6.07, 6.45) is 0. The summed E-state index contributed by atoms with van der Waals surface area (Å²) in [6.45, 7) is -0.794. The Hall–Kier alpha value is -1.17. The van der Waals surface area contributed by atoms with Crippen LogP contribution in [-0.2, 0) is 0 Å². The zero-order valence-electron chi connectivity index (χ0n) is 8.47. The average Bonchev–Trinajstić information content (AvgIpc) is 2.20. The van der Waals surface area contributed by atoms with Crippen LogP contribution >= 0.6 is 15.9 Å². The summed E-state index contributed by atoms with van der Waals surface area (Å²) in [5.41, 5.74) is 0.0801. The van der Waals surface area contributed by atoms with E-state index in [2.05, 4.69) is 26.0 Å². The highest BCUT2D eigenvalue weighted by Gasteiger charge is 2.15. The van der Waals surface area contributed by atoms with Crippen molar-refractivity contribution >= 4 is 21.8 Å². The highest BCUT2D eigenvalue weighted by Crippen LogP contribution is 2.24. The third kappa shape index (κ3) is 3.44. The number of benzene rings is 1. The molecule has 0 aromatic heterocycles. The molecule has 0 fully saturated rings. The molecule has 0 atom stereocenters. The van der Waals surface area contributed by atoms with Crippen LogP contribution in [0.3, 0.4) is 0 Å². The number of alkyl halides is 2. The number of rotatable bonds is 4. The van der Waals surface area contributed by atoms with Gasteiger partial charge in [-0.1, -0.05) is 15.9 Å². The number of hydrogen-bond donors (Lipinski definition) is 1. The van der Waals surface area contributed by atoms with Crippen LogP contribution in [0, 0.1) is 0 Å². The second-order valence-electron chi connectivity index (χ2n) is 2.88. The van der Waals surface area contributed by atoms with Gasteiger partial charge >= 0.3 is 6.61 Å². The third-order valence-corrected chi connectivity index (χ3v) is 2.23. The number of hydrogen-bond acceptors (Lipinski definition) is 2. The molecule has 0 aliphatic carbocycles. The monoisotopic (exact) mass is 293 g/mol. The van der Waals surface area contributed by atoms with Gasteiger partial charge < -0.3 is 10.1 Å². The zero-order valence-corrected chi connectivity index (χ0v) is 10.1. The minimum Gasteiger partial charge on any atom is -0.434 e. The van der Waals surface area contributed by atoms with Crippen LogP contribution in [0.1, 0.15) is 17.3 Å². The normalized spacial score (nSPS) is 10.3. The molecular formula is C10H10BrF2NO2. The van der Waals surface area contributed by atoms with Gasteiger partial charge in [0.05, 0.1) is 5.56 Å². The van der Waals surface area contributed by atoms with Crippen molar-refractivity contribution in [2.75, 3.05) is 6.54 Å². The molecule has 1 aromatic rings. The van der Waals surface area contributed by atoms with Gasteiger partial charge in [0.25, 0.3) is 5.91 Å². The van der Waals surface area contributed by atoms with E-state index in [9.17, 15) is 13.6 Å². The van der Waals surface area contributed by atoms with E-state index in [-0.39, 0.29) is 11.3 Å². The smallest absolute Gasteiger partial charge is 0.387 e. The largest absolute Gasteiger partial charge is 0.434 e. The number of amides is 1. The van der Waals surface area contributed by atoms with Gasteiger partial charge in [-0.3, -0.25) is 4.79 Å². The standard InChI is InChI=1S/C10H10BrF2NO2/c1-2-14-9(15)7-5-6(11)3-4-8(7)16-10(12)13/h3-5,10H,2H2,1H3,(H,14,15). The number of nitrogens with one attached hydrogen (secondary N) is 1. The first-order valence-corrected chi connectivity index (χ1v) is 5.36. The van der Waals surface area contributed by atoms with Gasteiger partial charge in [-0.15, -0.1) is 0 Å². The summed E-state index contributed by atoms with van der Waals surface area (Å²) in [4.78, 5) is 11.5. The average molecular weight is 294 g/mol. The summed E-state index contributed by atoms with van der Waals surface area (Å²) in [6, 6.07) is 4.28. The second-order valence-corrected chi connectivity index (χ2v) is 3.79. The molecule has 0 saturated carbocycles. The summed E-state index contributed by atoms with van der Waals surface area (Å²) >= 11 is 3.16. The number of carbonyl (C=O) groups excluding carboxylic acids is 1. The van der Waals surface area contributed by atoms with Crippen molar-refractivity contribution < 1.29 is 18.3 Å². The van der Waals surface area contributed by atoms with Crippen LogP contribution < -0.4 is 10.1 Å². The van der Waals surface area contributed by atoms with Crippen LogP contribution in [0.15, 0.2) is 22.7 Å². The summed E-state index contributed by atoms with van der Waals surface area (Å²) in [7, 11) is 0. The van der Waals surface area contributed by atoms with Gasteiger partial charge in [-0.2, -0.15) is 8.78 Å². The molecule has 0 bridgehead atoms. The van der Waals surface area contributed by atoms with Crippen LogP contribution in [-0.4, -0.2) is 19.1 Å². The molecule has 6 heteroatoms. The molecule has 0 saturated heterocycles. The second kappa shape index (κ2) is 5.79. The van der Waals surface area contributed by atoms with Crippen molar-refractivity contribution in [1.82, 2.24) is 5.32 Å². The van der Waals surface area contributed by atoms with Crippen molar-refractivity contribution in [3.63, 3.8) is 0 Å². The molecule has 1 aromatic carbocycles. The Balaban J connectivity index is 3.02. The lowest BCUT2D eigenvalue weighted by Crippen LogP contribution is -2.23. The lowest BCUT2D eigenvalue weighted by Gasteiger charge is -2.10. The van der Waals surface area contributed by atoms with E-state index in [1.54, 1.807) is 6.92 Å². The van der Waals surface area contributed by atoms with Crippen LogP contribution in [0.5, 0.6) is 5.75 Å². The topological polar surface area (TPSA) is 38.3 Å². The van der Waals surface area contributed by atoms with Gasteiger partial charge in [0.1, 0.15) is 5.75 Å². The molecule has 0 aliphatic heterocycles. The molecule has 16 heavy (non-hydrogen) atoms. The fourth-order valence-electron chi connectivity index (χ4n) is 1.13. The lowest BCUT2D eigenvalue weighted by molar-refractivity contribution is -0.0501. The van der Waals surface area contributed by atoms with E-state index < -0.39 is 12.5 Å². The first kappa shape index (κ1) is 12.9. The highest BCUT2D eigenvalue weighted by atomic mass is 79.9. The Morgan fingerprint density at radius 1 is 1.56 bits per heavy atom. The van der Waals surface area contributed by atoms with Crippen molar-refractivity contribution in [3.05, 3.63) is 28.2 Å². The zero-order chi connectivity index (χ0) is 12.1. The first-order valence-electron chi connectivity index (χ1n) is 4.57. The van der Waals surface area contributed by atoms with E-state index in [4.69, 9.17) is 0 Å². The Morgan fingerprint density at radius 3 is 2.81 bits per heavy atom. The molecular weight excluding hydrogens is 284 g/mol. The highest BCUT2D eigenvalue weighted by molar-refractivity contribution is 9.10. The van der Waals surface area contributed by atoms with Crippen molar-refractivity contribution in [2.45, 2.75) is 13.5 Å². The van der Waals surface area contributed by atoms with Crippen molar-refractivity contribution in [2.24, 2.45) is 0 Å². The Bertz CT molecular complexity index is 385. The maximum atomic E-state index is 12.1. The summed E-state index contributed by atoms with van der Waals surface area (Å²) < 4.78 is 29.0. The fourth-order valence-corrected chi connectivity index (χ4v) is 1.50. The molecule has 1 amide bonds. The van der Waals surface area contributed by atoms with E-state index >= 15 is 0 Å². The SMILES string of the molecule is CCNC(=O)c1cc(Br)ccc1OC(F)F. The van der Waals surface area contributed by atoms with E-state index in [0.717, 1.165) is 0 Å². The predicted molar refractivity (Wildman–Crippen MR) is 58.8 cm³/mol. The fraction of sp³-hybridized carbons (Fsp3) is 0.300. The number of ether oxygens (including phenoxy) is 1. The lowest BCUT2D eigenvalue weighted by atomic mass is 10.2. The molecule has 0 spiro atoms. The molecule has 0 heterocycles. The molecule has 3 nitrogen and oxygen atoms in total. The van der Waals surface area contributed by atoms with E-state index in [1.165, 1.54) is 18.2 Å². The Morgan fingerprint density at radius 2 is 2.25 bits per heavy atom. The van der Waals surface area contributed by atoms with Crippen molar-refractivity contribution in [1.29, 1.82) is 0 Å². The predicted octanol–water partition coefficient (Wildman–Crippen LogP) is 2.80. The molecule has 0 unspecified atom stereocenters. The first-order chi connectivity index (χ1) is 7.54. The van der Waals surface area contributed by atoms with Gasteiger partial charge in [0, 0.05) is 11.0 Å². The number of carbonyl (C=O) groups is 1. The van der Waals surface area contributed by atoms with E-state index in [1.807, 2.05) is 0 Å². The summed E-state index contributed by atoms with van der Waals surface area (Å²) in [5.74, 6) is -0.580. The minimum atomic E-state index is -2.95. The third-order valence-electron chi connectivity index (χ3n) is 1.74. The summed E-state index contributed by atoms with van der Waals surface area (Å²) in [5, 5.41) is 2.52. The number of halogens is 3. The molecule has 0 aliphatic rings. The quantitative estimate of drug-likeness (QED) is 0.927. The molecule has 1 N–H and O–H groups in total. The van der Waals surface area contributed by atoms with Crippen LogP contribution in [0.4, 0.5) is 8.78 Å². The van der Waals surface area contributed by atoms with E-state index in [0.29, 0.717) is 11.0 Å². The van der Waals surface area contributed by atoms with Gasteiger partial charge in [0.15, 0.2) is 0 Å². The maximum absolute atomic E-state index is 12.1. The molecule has 0 radical (unpaired) electrons. The molecule has 88 valence electrons. The molecule has 1 rings (SSSR count).